The summed E-state index contributed by atoms with van der Waals surface area (Å²) < 4.78 is 23.4. The van der Waals surface area contributed by atoms with Crippen molar-refractivity contribution in [2.75, 3.05) is 37.7 Å². The lowest BCUT2D eigenvalue weighted by molar-refractivity contribution is 0.200. The van der Waals surface area contributed by atoms with Crippen LogP contribution >= 0.6 is 0 Å². The van der Waals surface area contributed by atoms with Crippen LogP contribution in [-0.4, -0.2) is 57.0 Å². The van der Waals surface area contributed by atoms with E-state index in [1.165, 1.54) is 12.8 Å². The van der Waals surface area contributed by atoms with Crippen LogP contribution in [-0.2, 0) is 9.84 Å². The van der Waals surface area contributed by atoms with Gasteiger partial charge in [0.1, 0.15) is 0 Å². The Hall–Kier alpha value is -0.130. The van der Waals surface area contributed by atoms with Gasteiger partial charge in [-0.1, -0.05) is 13.8 Å². The van der Waals surface area contributed by atoms with E-state index in [0.717, 1.165) is 32.5 Å². The molecule has 1 saturated heterocycles. The Labute approximate surface area is 112 Å². The topological polar surface area (TPSA) is 49.4 Å². The highest BCUT2D eigenvalue weighted by atomic mass is 32.2. The summed E-state index contributed by atoms with van der Waals surface area (Å²) in [7, 11) is -2.83. The maximum Gasteiger partial charge on any atom is 0.151 e. The molecule has 1 atom stereocenters. The van der Waals surface area contributed by atoms with Gasteiger partial charge in [-0.25, -0.2) is 8.42 Å². The lowest BCUT2D eigenvalue weighted by Crippen LogP contribution is -2.47. The number of hydrogen-bond donors (Lipinski definition) is 1. The number of sulfone groups is 1. The number of piperidine rings is 1. The van der Waals surface area contributed by atoms with Gasteiger partial charge in [-0.15, -0.1) is 0 Å². The predicted octanol–water partition coefficient (Wildman–Crippen LogP) is 1.28. The number of nitrogens with one attached hydrogen (secondary N) is 1. The van der Waals surface area contributed by atoms with E-state index in [1.807, 2.05) is 6.92 Å². The quantitative estimate of drug-likeness (QED) is 0.725. The molecule has 0 saturated carbocycles. The first-order valence-electron chi connectivity index (χ1n) is 7.23. The van der Waals surface area contributed by atoms with Crippen molar-refractivity contribution >= 4 is 9.84 Å². The molecule has 0 amide bonds. The van der Waals surface area contributed by atoms with Crippen LogP contribution < -0.4 is 5.32 Å². The van der Waals surface area contributed by atoms with Crippen LogP contribution in [0.15, 0.2) is 0 Å². The molecular formula is C13H28N2O2S. The van der Waals surface area contributed by atoms with E-state index < -0.39 is 9.84 Å². The molecular weight excluding hydrogens is 248 g/mol. The molecule has 0 radical (unpaired) electrons. The van der Waals surface area contributed by atoms with Crippen molar-refractivity contribution in [2.24, 2.45) is 0 Å². The van der Waals surface area contributed by atoms with Crippen LogP contribution in [0.1, 0.15) is 39.5 Å². The number of nitrogens with zero attached hydrogens (tertiary/aromatic N) is 1. The van der Waals surface area contributed by atoms with Crippen LogP contribution in [0, 0.1) is 0 Å². The molecule has 0 aliphatic carbocycles. The summed E-state index contributed by atoms with van der Waals surface area (Å²) in [6, 6.07) is 0.549. The molecule has 108 valence electrons. The summed E-state index contributed by atoms with van der Waals surface area (Å²) in [5.74, 6) is 0.652. The van der Waals surface area contributed by atoms with Crippen LogP contribution in [0.25, 0.3) is 0 Å². The van der Waals surface area contributed by atoms with Gasteiger partial charge in [0, 0.05) is 24.9 Å². The Bertz CT molecular complexity index is 317. The van der Waals surface area contributed by atoms with Crippen molar-refractivity contribution in [3.05, 3.63) is 0 Å². The normalized spacial score (nSPS) is 22.2. The van der Waals surface area contributed by atoms with E-state index >= 15 is 0 Å². The van der Waals surface area contributed by atoms with Gasteiger partial charge in [-0.2, -0.15) is 0 Å². The van der Waals surface area contributed by atoms with Crippen LogP contribution in [0.3, 0.4) is 0 Å². The third-order valence-electron chi connectivity index (χ3n) is 3.42. The summed E-state index contributed by atoms with van der Waals surface area (Å²) >= 11 is 0. The molecule has 0 spiro atoms. The van der Waals surface area contributed by atoms with Gasteiger partial charge >= 0.3 is 0 Å². The van der Waals surface area contributed by atoms with E-state index in [2.05, 4.69) is 17.1 Å². The monoisotopic (exact) mass is 276 g/mol. The molecule has 1 heterocycles. The molecule has 0 aromatic rings. The van der Waals surface area contributed by atoms with Crippen molar-refractivity contribution in [2.45, 2.75) is 45.6 Å². The summed E-state index contributed by atoms with van der Waals surface area (Å²) in [5.41, 5.74) is 0. The van der Waals surface area contributed by atoms with E-state index in [-0.39, 0.29) is 0 Å². The van der Waals surface area contributed by atoms with Crippen LogP contribution in [0.2, 0.25) is 0 Å². The third-order valence-corrected chi connectivity index (χ3v) is 5.26. The highest BCUT2D eigenvalue weighted by molar-refractivity contribution is 7.91. The molecule has 0 aromatic carbocycles. The van der Waals surface area contributed by atoms with Crippen molar-refractivity contribution in [1.82, 2.24) is 10.2 Å². The maximum atomic E-state index is 11.7. The maximum absolute atomic E-state index is 11.7. The summed E-state index contributed by atoms with van der Waals surface area (Å²) in [5, 5.41) is 3.53. The van der Waals surface area contributed by atoms with Crippen molar-refractivity contribution in [1.29, 1.82) is 0 Å². The highest BCUT2D eigenvalue weighted by Gasteiger charge is 2.20. The van der Waals surface area contributed by atoms with Gasteiger partial charge in [0.25, 0.3) is 0 Å². The average molecular weight is 276 g/mol. The third kappa shape index (κ3) is 6.16. The molecule has 1 aliphatic heterocycles. The molecule has 5 heteroatoms. The molecule has 18 heavy (non-hydrogen) atoms. The fourth-order valence-corrected chi connectivity index (χ4v) is 3.82. The molecule has 1 rings (SSSR count). The predicted molar refractivity (Wildman–Crippen MR) is 76.7 cm³/mol. The standard InChI is InChI=1S/C13H28N2O2S/c1-3-7-14-13-6-5-8-15(12-13)9-11-18(16,17)10-4-2/h13-14H,3-12H2,1-2H3. The van der Waals surface area contributed by atoms with Crippen molar-refractivity contribution in [3.63, 3.8) is 0 Å². The Morgan fingerprint density at radius 3 is 2.67 bits per heavy atom. The molecule has 0 bridgehead atoms. The van der Waals surface area contributed by atoms with Gasteiger partial charge in [-0.05, 0) is 38.8 Å². The van der Waals surface area contributed by atoms with Crippen molar-refractivity contribution < 1.29 is 8.42 Å². The van der Waals surface area contributed by atoms with Gasteiger partial charge in [0.15, 0.2) is 9.84 Å². The molecule has 1 N–H and O–H groups in total. The van der Waals surface area contributed by atoms with Crippen molar-refractivity contribution in [3.8, 4) is 0 Å². The number of likely N-dealkylation sites (tertiary alicyclic amines) is 1. The lowest BCUT2D eigenvalue weighted by atomic mass is 10.1. The Balaban J connectivity index is 2.29. The minimum Gasteiger partial charge on any atom is -0.313 e. The van der Waals surface area contributed by atoms with Crippen LogP contribution in [0.4, 0.5) is 0 Å². The summed E-state index contributed by atoms with van der Waals surface area (Å²) in [6.45, 7) is 7.90. The molecule has 0 aromatic heterocycles. The van der Waals surface area contributed by atoms with E-state index in [1.54, 1.807) is 0 Å². The molecule has 1 unspecified atom stereocenters. The molecule has 4 nitrogen and oxygen atoms in total. The second kappa shape index (κ2) is 8.12. The van der Waals surface area contributed by atoms with Gasteiger partial charge < -0.3 is 10.2 Å². The summed E-state index contributed by atoms with van der Waals surface area (Å²) in [4.78, 5) is 2.30. The Morgan fingerprint density at radius 2 is 2.00 bits per heavy atom. The molecule has 1 aliphatic rings. The van der Waals surface area contributed by atoms with E-state index in [9.17, 15) is 8.42 Å². The molecule has 1 fully saturated rings. The zero-order valence-electron chi connectivity index (χ0n) is 11.8. The highest BCUT2D eigenvalue weighted by Crippen LogP contribution is 2.10. The Kier molecular flexibility index (Phi) is 7.19. The zero-order valence-corrected chi connectivity index (χ0v) is 12.6. The first kappa shape index (κ1) is 15.9. The van der Waals surface area contributed by atoms with Crippen LogP contribution in [0.5, 0.6) is 0 Å². The van der Waals surface area contributed by atoms with E-state index in [0.29, 0.717) is 24.1 Å². The van der Waals surface area contributed by atoms with Gasteiger partial charge in [-0.3, -0.25) is 0 Å². The lowest BCUT2D eigenvalue weighted by Gasteiger charge is -2.33. The fourth-order valence-electron chi connectivity index (χ4n) is 2.45. The summed E-state index contributed by atoms with van der Waals surface area (Å²) in [6.07, 6.45) is 4.28. The SMILES string of the molecule is CCCNC1CCCN(CCS(=O)(=O)CCC)C1. The second-order valence-electron chi connectivity index (χ2n) is 5.25. The second-order valence-corrected chi connectivity index (χ2v) is 7.55. The Morgan fingerprint density at radius 1 is 1.22 bits per heavy atom. The minimum absolute atomic E-state index is 0.321. The number of rotatable bonds is 8. The van der Waals surface area contributed by atoms with Gasteiger partial charge in [0.05, 0.1) is 5.75 Å². The largest absolute Gasteiger partial charge is 0.313 e. The zero-order chi connectivity index (χ0) is 13.4. The number of hydrogen-bond acceptors (Lipinski definition) is 4. The first-order chi connectivity index (χ1) is 8.57. The first-order valence-corrected chi connectivity index (χ1v) is 9.05. The average Bonchev–Trinajstić information content (AvgIpc) is 2.35. The van der Waals surface area contributed by atoms with Gasteiger partial charge in [0.2, 0.25) is 0 Å². The van der Waals surface area contributed by atoms with E-state index in [4.69, 9.17) is 0 Å². The fraction of sp³-hybridized carbons (Fsp3) is 1.00. The minimum atomic E-state index is -2.83. The smallest absolute Gasteiger partial charge is 0.151 e.